The molecule has 0 spiro atoms. The Morgan fingerprint density at radius 1 is 1.57 bits per heavy atom. The maximum Gasteiger partial charge on any atom is 0.248 e. The molecule has 0 aliphatic rings. The van der Waals surface area contributed by atoms with Crippen molar-refractivity contribution in [3.8, 4) is 0 Å². The number of pyridine rings is 1. The van der Waals surface area contributed by atoms with Gasteiger partial charge in [0.15, 0.2) is 0 Å². The number of nitrogens with zero attached hydrogens (tertiary/aromatic N) is 1. The largest absolute Gasteiger partial charge is 0.322 e. The van der Waals surface area contributed by atoms with Crippen LogP contribution in [0.1, 0.15) is 13.8 Å². The van der Waals surface area contributed by atoms with Crippen LogP contribution < -0.4 is 5.32 Å². The molecule has 0 saturated carbocycles. The second-order valence-electron chi connectivity index (χ2n) is 3.08. The molecular weight excluding hydrogens is 200 g/mol. The number of anilines is 1. The number of halogens is 1. The minimum absolute atomic E-state index is 0.160. The lowest BCUT2D eigenvalue weighted by molar-refractivity contribution is -0.111. The third-order valence-electron chi connectivity index (χ3n) is 1.41. The fraction of sp³-hybridized carbons (Fsp3) is 0.200. The number of aromatic nitrogens is 1. The van der Waals surface area contributed by atoms with E-state index in [4.69, 9.17) is 11.6 Å². The van der Waals surface area contributed by atoms with Gasteiger partial charge in [0, 0.05) is 18.0 Å². The Morgan fingerprint density at radius 3 is 2.86 bits per heavy atom. The Labute approximate surface area is 87.8 Å². The van der Waals surface area contributed by atoms with Crippen LogP contribution in [0.15, 0.2) is 30.0 Å². The maximum absolute atomic E-state index is 11.3. The van der Waals surface area contributed by atoms with E-state index in [-0.39, 0.29) is 5.91 Å². The van der Waals surface area contributed by atoms with Crippen molar-refractivity contribution in [3.05, 3.63) is 35.1 Å². The summed E-state index contributed by atoms with van der Waals surface area (Å²) in [6, 6.07) is 3.28. The second-order valence-corrected chi connectivity index (χ2v) is 3.47. The van der Waals surface area contributed by atoms with Gasteiger partial charge in [-0.3, -0.25) is 4.79 Å². The summed E-state index contributed by atoms with van der Waals surface area (Å²) < 4.78 is 0. The van der Waals surface area contributed by atoms with Crippen LogP contribution in [0, 0.1) is 0 Å². The van der Waals surface area contributed by atoms with E-state index in [1.54, 1.807) is 18.3 Å². The number of hydrogen-bond acceptors (Lipinski definition) is 2. The minimum atomic E-state index is -0.160. The zero-order valence-electron chi connectivity index (χ0n) is 8.04. The normalized spacial score (nSPS) is 9.36. The summed E-state index contributed by atoms with van der Waals surface area (Å²) in [4.78, 5) is 15.1. The highest BCUT2D eigenvalue weighted by Crippen LogP contribution is 2.11. The first-order valence-corrected chi connectivity index (χ1v) is 4.53. The Balaban J connectivity index is 2.70. The summed E-state index contributed by atoms with van der Waals surface area (Å²) in [6.45, 7) is 3.72. The molecule has 0 aromatic carbocycles. The molecule has 3 nitrogen and oxygen atoms in total. The first-order chi connectivity index (χ1) is 6.58. The lowest BCUT2D eigenvalue weighted by Gasteiger charge is -2.01. The summed E-state index contributed by atoms with van der Waals surface area (Å²) in [5.41, 5.74) is 1.59. The Bertz CT molecular complexity index is 370. The number of hydrogen-bond donors (Lipinski definition) is 1. The lowest BCUT2D eigenvalue weighted by Crippen LogP contribution is -2.08. The Hall–Kier alpha value is -1.35. The topological polar surface area (TPSA) is 42.0 Å². The molecule has 0 atom stereocenters. The number of allylic oxidation sites excluding steroid dienone is 1. The third kappa shape index (κ3) is 3.58. The molecule has 1 aromatic rings. The predicted octanol–water partition coefficient (Wildman–Crippen LogP) is 2.64. The van der Waals surface area contributed by atoms with Gasteiger partial charge in [0.25, 0.3) is 0 Å². The highest BCUT2D eigenvalue weighted by Gasteiger charge is 1.98. The molecule has 14 heavy (non-hydrogen) atoms. The van der Waals surface area contributed by atoms with Gasteiger partial charge in [-0.05, 0) is 26.0 Å². The Morgan fingerprint density at radius 2 is 2.29 bits per heavy atom. The summed E-state index contributed by atoms with van der Waals surface area (Å²) in [6.07, 6.45) is 3.06. The molecule has 1 N–H and O–H groups in total. The van der Waals surface area contributed by atoms with Gasteiger partial charge >= 0.3 is 0 Å². The molecule has 1 aromatic heterocycles. The summed E-state index contributed by atoms with van der Waals surface area (Å²) >= 11 is 5.66. The molecule has 0 radical (unpaired) electrons. The van der Waals surface area contributed by atoms with Crippen molar-refractivity contribution < 1.29 is 4.79 Å². The van der Waals surface area contributed by atoms with Crippen LogP contribution in [0.5, 0.6) is 0 Å². The SMILES string of the molecule is CC(C)=CC(=O)Nc1ccnc(Cl)c1. The van der Waals surface area contributed by atoms with E-state index in [0.717, 1.165) is 5.57 Å². The van der Waals surface area contributed by atoms with Crippen LogP contribution >= 0.6 is 11.6 Å². The zero-order valence-corrected chi connectivity index (χ0v) is 8.80. The van der Waals surface area contributed by atoms with Gasteiger partial charge in [0.1, 0.15) is 5.15 Å². The van der Waals surface area contributed by atoms with Crippen LogP contribution in [0.2, 0.25) is 5.15 Å². The molecule has 0 aliphatic heterocycles. The van der Waals surface area contributed by atoms with Crippen molar-refractivity contribution in [1.29, 1.82) is 0 Å². The third-order valence-corrected chi connectivity index (χ3v) is 1.62. The smallest absolute Gasteiger partial charge is 0.248 e. The van der Waals surface area contributed by atoms with E-state index in [9.17, 15) is 4.79 Å². The summed E-state index contributed by atoms with van der Waals surface area (Å²) in [7, 11) is 0. The summed E-state index contributed by atoms with van der Waals surface area (Å²) in [5.74, 6) is -0.160. The maximum atomic E-state index is 11.3. The standard InChI is InChI=1S/C10H11ClN2O/c1-7(2)5-10(14)13-8-3-4-12-9(11)6-8/h3-6H,1-2H3,(H,12,13,14). The van der Waals surface area contributed by atoms with Gasteiger partial charge in [0.2, 0.25) is 5.91 Å². The number of amides is 1. The zero-order chi connectivity index (χ0) is 10.6. The van der Waals surface area contributed by atoms with E-state index in [0.29, 0.717) is 10.8 Å². The van der Waals surface area contributed by atoms with Crippen LogP contribution in [0.4, 0.5) is 5.69 Å². The van der Waals surface area contributed by atoms with Gasteiger partial charge in [-0.2, -0.15) is 0 Å². The Kier molecular flexibility index (Phi) is 3.65. The molecule has 4 heteroatoms. The van der Waals surface area contributed by atoms with Crippen LogP contribution in [-0.2, 0) is 4.79 Å². The van der Waals surface area contributed by atoms with Crippen LogP contribution in [0.3, 0.4) is 0 Å². The van der Waals surface area contributed by atoms with Gasteiger partial charge < -0.3 is 5.32 Å². The fourth-order valence-electron chi connectivity index (χ4n) is 0.921. The first-order valence-electron chi connectivity index (χ1n) is 4.15. The molecule has 0 bridgehead atoms. The second kappa shape index (κ2) is 4.77. The van der Waals surface area contributed by atoms with Crippen molar-refractivity contribution in [2.75, 3.05) is 5.32 Å². The van der Waals surface area contributed by atoms with Gasteiger partial charge in [0.05, 0.1) is 0 Å². The number of nitrogens with one attached hydrogen (secondary N) is 1. The molecule has 1 amide bonds. The molecule has 0 aliphatic carbocycles. The van der Waals surface area contributed by atoms with E-state index >= 15 is 0 Å². The van der Waals surface area contributed by atoms with Crippen LogP contribution in [0.25, 0.3) is 0 Å². The molecule has 74 valence electrons. The van der Waals surface area contributed by atoms with Crippen LogP contribution in [-0.4, -0.2) is 10.9 Å². The van der Waals surface area contributed by atoms with Crippen molar-refractivity contribution in [2.45, 2.75) is 13.8 Å². The lowest BCUT2D eigenvalue weighted by atomic mass is 10.3. The molecule has 0 saturated heterocycles. The first kappa shape index (κ1) is 10.7. The van der Waals surface area contributed by atoms with Crippen molar-refractivity contribution in [1.82, 2.24) is 4.98 Å². The van der Waals surface area contributed by atoms with Crippen molar-refractivity contribution in [2.24, 2.45) is 0 Å². The van der Waals surface area contributed by atoms with E-state index in [2.05, 4.69) is 10.3 Å². The molecule has 1 heterocycles. The molecule has 1 rings (SSSR count). The number of carbonyl (C=O) groups excluding carboxylic acids is 1. The summed E-state index contributed by atoms with van der Waals surface area (Å²) in [5, 5.41) is 3.04. The minimum Gasteiger partial charge on any atom is -0.322 e. The van der Waals surface area contributed by atoms with E-state index < -0.39 is 0 Å². The van der Waals surface area contributed by atoms with Gasteiger partial charge in [-0.15, -0.1) is 0 Å². The monoisotopic (exact) mass is 210 g/mol. The molecular formula is C10H11ClN2O. The molecule has 0 unspecified atom stereocenters. The van der Waals surface area contributed by atoms with Crippen molar-refractivity contribution in [3.63, 3.8) is 0 Å². The number of carbonyl (C=O) groups is 1. The average Bonchev–Trinajstić information content (AvgIpc) is 2.01. The van der Waals surface area contributed by atoms with Gasteiger partial charge in [-0.1, -0.05) is 17.2 Å². The van der Waals surface area contributed by atoms with E-state index in [1.165, 1.54) is 6.08 Å². The number of rotatable bonds is 2. The average molecular weight is 211 g/mol. The predicted molar refractivity (Wildman–Crippen MR) is 57.3 cm³/mol. The van der Waals surface area contributed by atoms with Gasteiger partial charge in [-0.25, -0.2) is 4.98 Å². The quantitative estimate of drug-likeness (QED) is 0.602. The molecule has 0 fully saturated rings. The van der Waals surface area contributed by atoms with E-state index in [1.807, 2.05) is 13.8 Å². The van der Waals surface area contributed by atoms with Crippen molar-refractivity contribution >= 4 is 23.2 Å². The fourth-order valence-corrected chi connectivity index (χ4v) is 1.09. The highest BCUT2D eigenvalue weighted by atomic mass is 35.5. The highest BCUT2D eigenvalue weighted by molar-refractivity contribution is 6.29.